The van der Waals surface area contributed by atoms with Gasteiger partial charge in [-0.3, -0.25) is 9.59 Å². The number of carbonyl (C=O) groups is 2. The SMILES string of the molecule is CCOC(=O)CC(NC(=O)CCc1nc(-c2ccc(Cl)cc2)no1)c1ccccc1. The van der Waals surface area contributed by atoms with Gasteiger partial charge in [0.05, 0.1) is 19.1 Å². The molecule has 3 rings (SSSR count). The molecule has 1 heterocycles. The lowest BCUT2D eigenvalue weighted by atomic mass is 10.0. The van der Waals surface area contributed by atoms with E-state index in [1.165, 1.54) is 0 Å². The molecule has 1 N–H and O–H groups in total. The number of carbonyl (C=O) groups excluding carboxylic acids is 2. The Balaban J connectivity index is 1.59. The van der Waals surface area contributed by atoms with E-state index in [1.54, 1.807) is 31.2 Å². The zero-order valence-electron chi connectivity index (χ0n) is 16.5. The summed E-state index contributed by atoms with van der Waals surface area (Å²) in [7, 11) is 0. The van der Waals surface area contributed by atoms with Gasteiger partial charge in [-0.1, -0.05) is 47.1 Å². The van der Waals surface area contributed by atoms with Crippen molar-refractivity contribution in [3.8, 4) is 11.4 Å². The molecule has 0 aliphatic carbocycles. The summed E-state index contributed by atoms with van der Waals surface area (Å²) < 4.78 is 10.3. The molecule has 156 valence electrons. The van der Waals surface area contributed by atoms with Crippen LogP contribution in [0.2, 0.25) is 5.02 Å². The van der Waals surface area contributed by atoms with Gasteiger partial charge in [0.2, 0.25) is 17.6 Å². The van der Waals surface area contributed by atoms with Gasteiger partial charge in [0.15, 0.2) is 0 Å². The molecule has 0 aliphatic heterocycles. The Morgan fingerprint density at radius 1 is 1.13 bits per heavy atom. The molecule has 0 saturated carbocycles. The van der Waals surface area contributed by atoms with Crippen molar-refractivity contribution >= 4 is 23.5 Å². The number of halogens is 1. The van der Waals surface area contributed by atoms with E-state index in [9.17, 15) is 9.59 Å². The van der Waals surface area contributed by atoms with Gasteiger partial charge in [0.25, 0.3) is 0 Å². The fourth-order valence-corrected chi connectivity index (χ4v) is 3.01. The van der Waals surface area contributed by atoms with Gasteiger partial charge in [-0.05, 0) is 36.8 Å². The van der Waals surface area contributed by atoms with Gasteiger partial charge in [0.1, 0.15) is 0 Å². The van der Waals surface area contributed by atoms with Crippen molar-refractivity contribution < 1.29 is 18.8 Å². The Morgan fingerprint density at radius 2 is 1.87 bits per heavy atom. The van der Waals surface area contributed by atoms with E-state index in [-0.39, 0.29) is 31.1 Å². The first-order valence-corrected chi connectivity index (χ1v) is 10.0. The van der Waals surface area contributed by atoms with Crippen molar-refractivity contribution in [2.75, 3.05) is 6.61 Å². The number of rotatable bonds is 9. The van der Waals surface area contributed by atoms with Crippen LogP contribution in [0.15, 0.2) is 59.1 Å². The summed E-state index contributed by atoms with van der Waals surface area (Å²) in [6.07, 6.45) is 0.493. The third kappa shape index (κ3) is 6.15. The van der Waals surface area contributed by atoms with Crippen molar-refractivity contribution in [3.05, 3.63) is 71.1 Å². The molecule has 0 radical (unpaired) electrons. The monoisotopic (exact) mass is 427 g/mol. The lowest BCUT2D eigenvalue weighted by Gasteiger charge is -2.18. The number of amides is 1. The number of hydrogen-bond acceptors (Lipinski definition) is 6. The van der Waals surface area contributed by atoms with E-state index in [2.05, 4.69) is 15.5 Å². The average molecular weight is 428 g/mol. The normalized spacial score (nSPS) is 11.7. The minimum atomic E-state index is -0.468. The van der Waals surface area contributed by atoms with Crippen molar-refractivity contribution in [2.24, 2.45) is 0 Å². The maximum absolute atomic E-state index is 12.5. The molecule has 1 aromatic heterocycles. The number of nitrogens with one attached hydrogen (secondary N) is 1. The summed E-state index contributed by atoms with van der Waals surface area (Å²) in [6, 6.07) is 15.9. The zero-order valence-corrected chi connectivity index (χ0v) is 17.3. The van der Waals surface area contributed by atoms with E-state index in [1.807, 2.05) is 30.3 Å². The van der Waals surface area contributed by atoms with E-state index < -0.39 is 6.04 Å². The largest absolute Gasteiger partial charge is 0.466 e. The van der Waals surface area contributed by atoms with E-state index >= 15 is 0 Å². The van der Waals surface area contributed by atoms with Gasteiger partial charge in [0, 0.05) is 23.4 Å². The number of aryl methyl sites for hydroxylation is 1. The molecule has 30 heavy (non-hydrogen) atoms. The molecule has 0 saturated heterocycles. The third-order valence-electron chi connectivity index (χ3n) is 4.35. The second-order valence-corrected chi connectivity index (χ2v) is 6.99. The summed E-state index contributed by atoms with van der Waals surface area (Å²) in [5.74, 6) is 0.207. The first-order valence-electron chi connectivity index (χ1n) is 9.63. The van der Waals surface area contributed by atoms with Gasteiger partial charge in [-0.25, -0.2) is 0 Å². The van der Waals surface area contributed by atoms with Crippen LogP contribution in [0.5, 0.6) is 0 Å². The predicted octanol–water partition coefficient (Wildman–Crippen LogP) is 4.13. The number of benzene rings is 2. The van der Waals surface area contributed by atoms with Crippen molar-refractivity contribution in [3.63, 3.8) is 0 Å². The number of nitrogens with zero attached hydrogens (tertiary/aromatic N) is 2. The van der Waals surface area contributed by atoms with Crippen LogP contribution in [0.3, 0.4) is 0 Å². The Hall–Kier alpha value is -3.19. The molecule has 3 aromatic rings. The lowest BCUT2D eigenvalue weighted by Crippen LogP contribution is -2.30. The zero-order chi connectivity index (χ0) is 21.3. The summed E-state index contributed by atoms with van der Waals surface area (Å²) >= 11 is 5.89. The van der Waals surface area contributed by atoms with Crippen LogP contribution in [-0.2, 0) is 20.7 Å². The fraction of sp³-hybridized carbons (Fsp3) is 0.273. The first-order chi connectivity index (χ1) is 14.5. The molecule has 2 aromatic carbocycles. The number of hydrogen-bond donors (Lipinski definition) is 1. The summed E-state index contributed by atoms with van der Waals surface area (Å²) in [5, 5.41) is 7.45. The third-order valence-corrected chi connectivity index (χ3v) is 4.60. The first kappa shape index (κ1) is 21.5. The standard InChI is InChI=1S/C22H22ClN3O4/c1-2-29-21(28)14-18(15-6-4-3-5-7-15)24-19(27)12-13-20-25-22(26-30-20)16-8-10-17(23)11-9-16/h3-11,18H,2,12-14H2,1H3,(H,24,27). The molecule has 0 bridgehead atoms. The van der Waals surface area contributed by atoms with Crippen LogP contribution in [0.25, 0.3) is 11.4 Å². The smallest absolute Gasteiger partial charge is 0.308 e. The van der Waals surface area contributed by atoms with E-state index in [4.69, 9.17) is 20.9 Å². The maximum Gasteiger partial charge on any atom is 0.308 e. The number of aromatic nitrogens is 2. The molecule has 0 fully saturated rings. The molecular formula is C22H22ClN3O4. The highest BCUT2D eigenvalue weighted by molar-refractivity contribution is 6.30. The van der Waals surface area contributed by atoms with Crippen LogP contribution >= 0.6 is 11.6 Å². The second-order valence-electron chi connectivity index (χ2n) is 6.56. The molecule has 0 spiro atoms. The number of ether oxygens (including phenoxy) is 1. The van der Waals surface area contributed by atoms with Crippen LogP contribution < -0.4 is 5.32 Å². The van der Waals surface area contributed by atoms with E-state index in [0.29, 0.717) is 23.3 Å². The molecule has 1 amide bonds. The van der Waals surface area contributed by atoms with Crippen LogP contribution in [-0.4, -0.2) is 28.6 Å². The predicted molar refractivity (Wildman–Crippen MR) is 112 cm³/mol. The Morgan fingerprint density at radius 3 is 2.57 bits per heavy atom. The molecular weight excluding hydrogens is 406 g/mol. The quantitative estimate of drug-likeness (QED) is 0.516. The molecule has 8 heteroatoms. The molecule has 1 atom stereocenters. The topological polar surface area (TPSA) is 94.3 Å². The average Bonchev–Trinajstić information content (AvgIpc) is 3.22. The Bertz CT molecular complexity index is 974. The summed E-state index contributed by atoms with van der Waals surface area (Å²) in [4.78, 5) is 28.7. The highest BCUT2D eigenvalue weighted by Crippen LogP contribution is 2.20. The van der Waals surface area contributed by atoms with Crippen LogP contribution in [0.4, 0.5) is 0 Å². The van der Waals surface area contributed by atoms with Crippen molar-refractivity contribution in [1.29, 1.82) is 0 Å². The van der Waals surface area contributed by atoms with E-state index in [0.717, 1.165) is 11.1 Å². The van der Waals surface area contributed by atoms with Gasteiger partial charge in [-0.2, -0.15) is 4.98 Å². The number of esters is 1. The van der Waals surface area contributed by atoms with Crippen LogP contribution in [0.1, 0.15) is 37.3 Å². The lowest BCUT2D eigenvalue weighted by molar-refractivity contribution is -0.143. The van der Waals surface area contributed by atoms with Crippen LogP contribution in [0, 0.1) is 0 Å². The Kier molecular flexibility index (Phi) is 7.57. The highest BCUT2D eigenvalue weighted by Gasteiger charge is 2.19. The maximum atomic E-state index is 12.5. The highest BCUT2D eigenvalue weighted by atomic mass is 35.5. The fourth-order valence-electron chi connectivity index (χ4n) is 2.88. The Labute approximate surface area is 179 Å². The van der Waals surface area contributed by atoms with Gasteiger partial charge >= 0.3 is 5.97 Å². The molecule has 0 aliphatic rings. The summed E-state index contributed by atoms with van der Waals surface area (Å²) in [6.45, 7) is 2.04. The van der Waals surface area contributed by atoms with Crippen molar-refractivity contribution in [1.82, 2.24) is 15.5 Å². The molecule has 7 nitrogen and oxygen atoms in total. The minimum Gasteiger partial charge on any atom is -0.466 e. The van der Waals surface area contributed by atoms with Gasteiger partial charge < -0.3 is 14.6 Å². The minimum absolute atomic E-state index is 0.0604. The second kappa shape index (κ2) is 10.5. The summed E-state index contributed by atoms with van der Waals surface area (Å²) in [5.41, 5.74) is 1.61. The van der Waals surface area contributed by atoms with Gasteiger partial charge in [-0.15, -0.1) is 0 Å². The van der Waals surface area contributed by atoms with Crippen molar-refractivity contribution in [2.45, 2.75) is 32.2 Å². The molecule has 1 unspecified atom stereocenters.